The second kappa shape index (κ2) is 5.12. The Hall–Kier alpha value is -1.33. The fourth-order valence-corrected chi connectivity index (χ4v) is 2.53. The van der Waals surface area contributed by atoms with Crippen LogP contribution in [0.25, 0.3) is 0 Å². The van der Waals surface area contributed by atoms with E-state index in [4.69, 9.17) is 11.6 Å². The van der Waals surface area contributed by atoms with Gasteiger partial charge in [0.15, 0.2) is 0 Å². The van der Waals surface area contributed by atoms with E-state index < -0.39 is 4.92 Å². The van der Waals surface area contributed by atoms with Gasteiger partial charge in [-0.3, -0.25) is 10.1 Å². The highest BCUT2D eigenvalue weighted by molar-refractivity contribution is 6.33. The van der Waals surface area contributed by atoms with Gasteiger partial charge in [-0.2, -0.15) is 0 Å². The number of rotatable bonds is 2. The van der Waals surface area contributed by atoms with Gasteiger partial charge in [0.2, 0.25) is 0 Å². The molecule has 18 heavy (non-hydrogen) atoms. The number of aliphatic hydroxyl groups is 1. The Morgan fingerprint density at radius 1 is 1.56 bits per heavy atom. The summed E-state index contributed by atoms with van der Waals surface area (Å²) in [6.07, 6.45) is 0.282. The highest BCUT2D eigenvalue weighted by atomic mass is 35.5. The molecule has 0 amide bonds. The van der Waals surface area contributed by atoms with E-state index in [2.05, 4.69) is 0 Å². The number of para-hydroxylation sites is 1. The first kappa shape index (κ1) is 13.1. The number of anilines is 1. The summed E-state index contributed by atoms with van der Waals surface area (Å²) in [5, 5.41) is 20.9. The van der Waals surface area contributed by atoms with Crippen molar-refractivity contribution in [2.24, 2.45) is 5.92 Å². The fourth-order valence-electron chi connectivity index (χ4n) is 2.29. The molecule has 0 bridgehead atoms. The molecule has 1 saturated heterocycles. The quantitative estimate of drug-likeness (QED) is 0.662. The average molecular weight is 271 g/mol. The topological polar surface area (TPSA) is 66.6 Å². The summed E-state index contributed by atoms with van der Waals surface area (Å²) in [5.74, 6) is 0.0948. The first-order chi connectivity index (χ1) is 8.50. The molecule has 1 aromatic carbocycles. The van der Waals surface area contributed by atoms with E-state index in [1.807, 2.05) is 11.8 Å². The first-order valence-electron chi connectivity index (χ1n) is 5.86. The number of piperidine rings is 1. The second-order valence-electron chi connectivity index (χ2n) is 4.64. The number of hydrogen-bond acceptors (Lipinski definition) is 4. The molecule has 5 nitrogen and oxygen atoms in total. The van der Waals surface area contributed by atoms with E-state index in [0.29, 0.717) is 25.2 Å². The molecular weight excluding hydrogens is 256 g/mol. The van der Waals surface area contributed by atoms with Gasteiger partial charge in [0.25, 0.3) is 0 Å². The fraction of sp³-hybridized carbons (Fsp3) is 0.500. The van der Waals surface area contributed by atoms with Crippen molar-refractivity contribution >= 4 is 23.0 Å². The Balaban J connectivity index is 2.34. The third-order valence-corrected chi connectivity index (χ3v) is 3.65. The van der Waals surface area contributed by atoms with Crippen LogP contribution in [0.5, 0.6) is 0 Å². The van der Waals surface area contributed by atoms with E-state index in [1.54, 1.807) is 12.1 Å². The monoisotopic (exact) mass is 270 g/mol. The van der Waals surface area contributed by atoms with Crippen LogP contribution in [0.1, 0.15) is 13.3 Å². The zero-order valence-corrected chi connectivity index (χ0v) is 10.8. The van der Waals surface area contributed by atoms with Crippen LogP contribution in [0.4, 0.5) is 11.4 Å². The summed E-state index contributed by atoms with van der Waals surface area (Å²) in [5.41, 5.74) is 0.481. The SMILES string of the molecule is CC1CN(c2cccc(Cl)c2[N+](=O)[O-])CCC1O. The lowest BCUT2D eigenvalue weighted by Crippen LogP contribution is -2.42. The van der Waals surface area contributed by atoms with Crippen molar-refractivity contribution in [2.45, 2.75) is 19.4 Å². The number of nitrogens with zero attached hydrogens (tertiary/aromatic N) is 2. The molecule has 0 saturated carbocycles. The molecular formula is C12H15ClN2O3. The van der Waals surface area contributed by atoms with Crippen molar-refractivity contribution in [3.63, 3.8) is 0 Å². The first-order valence-corrected chi connectivity index (χ1v) is 6.24. The molecule has 0 radical (unpaired) electrons. The summed E-state index contributed by atoms with van der Waals surface area (Å²) in [6.45, 7) is 3.14. The van der Waals surface area contributed by atoms with Gasteiger partial charge in [0, 0.05) is 13.1 Å². The van der Waals surface area contributed by atoms with Crippen LogP contribution in [0.2, 0.25) is 5.02 Å². The number of halogens is 1. The van der Waals surface area contributed by atoms with E-state index in [0.717, 1.165) is 0 Å². The lowest BCUT2D eigenvalue weighted by atomic mass is 9.96. The standard InChI is InChI=1S/C12H15ClN2O3/c1-8-7-14(6-5-11(8)16)10-4-2-3-9(13)12(10)15(17)18/h2-4,8,11,16H,5-7H2,1H3. The highest BCUT2D eigenvalue weighted by Crippen LogP contribution is 2.36. The maximum absolute atomic E-state index is 11.1. The third-order valence-electron chi connectivity index (χ3n) is 3.35. The number of hydrogen-bond donors (Lipinski definition) is 1. The van der Waals surface area contributed by atoms with Crippen LogP contribution in [-0.2, 0) is 0 Å². The number of benzene rings is 1. The van der Waals surface area contributed by atoms with Crippen LogP contribution in [0, 0.1) is 16.0 Å². The molecule has 6 heteroatoms. The predicted molar refractivity (Wildman–Crippen MR) is 70.1 cm³/mol. The molecule has 1 aliphatic heterocycles. The number of nitro groups is 1. The van der Waals surface area contributed by atoms with Gasteiger partial charge in [-0.05, 0) is 24.5 Å². The summed E-state index contributed by atoms with van der Waals surface area (Å²) < 4.78 is 0. The Bertz CT molecular complexity index is 467. The average Bonchev–Trinajstić information content (AvgIpc) is 2.32. The van der Waals surface area contributed by atoms with Crippen molar-refractivity contribution in [3.8, 4) is 0 Å². The Labute approximate surface area is 110 Å². The molecule has 1 aliphatic rings. The molecule has 1 aromatic rings. The van der Waals surface area contributed by atoms with E-state index in [1.165, 1.54) is 6.07 Å². The summed E-state index contributed by atoms with van der Waals surface area (Å²) in [4.78, 5) is 12.5. The molecule has 1 N–H and O–H groups in total. The number of aliphatic hydroxyl groups excluding tert-OH is 1. The van der Waals surface area contributed by atoms with Gasteiger partial charge in [-0.15, -0.1) is 0 Å². The second-order valence-corrected chi connectivity index (χ2v) is 5.05. The minimum absolute atomic E-state index is 0.0530. The van der Waals surface area contributed by atoms with Gasteiger partial charge >= 0.3 is 5.69 Å². The van der Waals surface area contributed by atoms with Crippen LogP contribution in [-0.4, -0.2) is 29.2 Å². The molecule has 1 heterocycles. The van der Waals surface area contributed by atoms with Crippen LogP contribution in [0.3, 0.4) is 0 Å². The van der Waals surface area contributed by atoms with Gasteiger partial charge in [-0.25, -0.2) is 0 Å². The predicted octanol–water partition coefficient (Wildman–Crippen LogP) is 2.46. The maximum atomic E-state index is 11.1. The largest absolute Gasteiger partial charge is 0.393 e. The summed E-state index contributed by atoms with van der Waals surface area (Å²) >= 11 is 5.89. The van der Waals surface area contributed by atoms with Gasteiger partial charge in [0.05, 0.1) is 11.0 Å². The van der Waals surface area contributed by atoms with Gasteiger partial charge in [0.1, 0.15) is 10.7 Å². The molecule has 2 rings (SSSR count). The Kier molecular flexibility index (Phi) is 3.73. The normalized spacial score (nSPS) is 24.1. The van der Waals surface area contributed by atoms with Crippen molar-refractivity contribution in [2.75, 3.05) is 18.0 Å². The van der Waals surface area contributed by atoms with Crippen LogP contribution >= 0.6 is 11.6 Å². The van der Waals surface area contributed by atoms with Crippen molar-refractivity contribution in [1.82, 2.24) is 0 Å². The molecule has 0 aromatic heterocycles. The van der Waals surface area contributed by atoms with Crippen molar-refractivity contribution in [1.29, 1.82) is 0 Å². The van der Waals surface area contributed by atoms with E-state index >= 15 is 0 Å². The van der Waals surface area contributed by atoms with Crippen molar-refractivity contribution in [3.05, 3.63) is 33.3 Å². The lowest BCUT2D eigenvalue weighted by Gasteiger charge is -2.35. The molecule has 2 atom stereocenters. The van der Waals surface area contributed by atoms with E-state index in [-0.39, 0.29) is 22.7 Å². The number of nitro benzene ring substituents is 1. The summed E-state index contributed by atoms with van der Waals surface area (Å²) in [6, 6.07) is 4.93. The van der Waals surface area contributed by atoms with Crippen LogP contribution < -0.4 is 4.90 Å². The smallest absolute Gasteiger partial charge is 0.310 e. The molecule has 0 spiro atoms. The zero-order valence-electron chi connectivity index (χ0n) is 10.0. The molecule has 2 unspecified atom stereocenters. The summed E-state index contributed by atoms with van der Waals surface area (Å²) in [7, 11) is 0. The van der Waals surface area contributed by atoms with Gasteiger partial charge in [-0.1, -0.05) is 24.6 Å². The zero-order chi connectivity index (χ0) is 13.3. The maximum Gasteiger partial charge on any atom is 0.310 e. The van der Waals surface area contributed by atoms with Crippen molar-refractivity contribution < 1.29 is 10.0 Å². The molecule has 0 aliphatic carbocycles. The third kappa shape index (κ3) is 2.42. The van der Waals surface area contributed by atoms with Crippen LogP contribution in [0.15, 0.2) is 18.2 Å². The molecule has 98 valence electrons. The highest BCUT2D eigenvalue weighted by Gasteiger charge is 2.29. The minimum atomic E-state index is -0.451. The Morgan fingerprint density at radius 3 is 2.89 bits per heavy atom. The Morgan fingerprint density at radius 2 is 2.28 bits per heavy atom. The lowest BCUT2D eigenvalue weighted by molar-refractivity contribution is -0.384. The minimum Gasteiger partial charge on any atom is -0.393 e. The van der Waals surface area contributed by atoms with Gasteiger partial charge < -0.3 is 10.0 Å². The molecule has 1 fully saturated rings. The van der Waals surface area contributed by atoms with E-state index in [9.17, 15) is 15.2 Å².